The zero-order valence-corrected chi connectivity index (χ0v) is 17.6. The molecule has 0 bridgehead atoms. The van der Waals surface area contributed by atoms with Crippen LogP contribution >= 0.6 is 23.2 Å². The highest BCUT2D eigenvalue weighted by Gasteiger charge is 2.07. The van der Waals surface area contributed by atoms with E-state index in [-0.39, 0.29) is 5.97 Å². The summed E-state index contributed by atoms with van der Waals surface area (Å²) in [6.07, 6.45) is 2.14. The van der Waals surface area contributed by atoms with Crippen molar-refractivity contribution in [3.63, 3.8) is 0 Å². The van der Waals surface area contributed by atoms with Crippen molar-refractivity contribution in [2.45, 2.75) is 33.1 Å². The quantitative estimate of drug-likeness (QED) is 0.345. The van der Waals surface area contributed by atoms with Crippen LogP contribution in [0, 0.1) is 0 Å². The Balaban J connectivity index is 2.31. The molecule has 0 aliphatic heterocycles. The fraction of sp³-hybridized carbons (Fsp3) is 0.650. The molecule has 0 saturated heterocycles. The van der Waals surface area contributed by atoms with E-state index >= 15 is 0 Å². The van der Waals surface area contributed by atoms with E-state index in [1.54, 1.807) is 0 Å². The van der Waals surface area contributed by atoms with E-state index in [9.17, 15) is 4.79 Å². The van der Waals surface area contributed by atoms with E-state index in [4.69, 9.17) is 27.9 Å². The second-order valence-corrected chi connectivity index (χ2v) is 6.89. The molecule has 0 N–H and O–H groups in total. The smallest absolute Gasteiger partial charge is 0.305 e. The predicted molar refractivity (Wildman–Crippen MR) is 112 cm³/mol. The third kappa shape index (κ3) is 9.11. The minimum Gasteiger partial charge on any atom is -0.464 e. The van der Waals surface area contributed by atoms with Crippen LogP contribution in [0.3, 0.4) is 0 Å². The van der Waals surface area contributed by atoms with Gasteiger partial charge in [-0.3, -0.25) is 4.79 Å². The molecule has 1 aromatic carbocycles. The number of nitrogens with zero attached hydrogens (tertiary/aromatic N) is 2. The van der Waals surface area contributed by atoms with Crippen LogP contribution < -0.4 is 4.90 Å². The molecule has 1 aromatic rings. The number of ether oxygens (including phenoxy) is 1. The van der Waals surface area contributed by atoms with Crippen LogP contribution in [-0.4, -0.2) is 62.0 Å². The summed E-state index contributed by atoms with van der Waals surface area (Å²) >= 11 is 11.7. The maximum atomic E-state index is 11.8. The minimum atomic E-state index is -0.107. The first-order valence-corrected chi connectivity index (χ1v) is 10.5. The molecule has 0 aliphatic rings. The molecule has 0 aliphatic carbocycles. The maximum absolute atomic E-state index is 11.8. The first-order valence-electron chi connectivity index (χ1n) is 9.48. The number of esters is 1. The first kappa shape index (κ1) is 23.1. The van der Waals surface area contributed by atoms with Crippen molar-refractivity contribution < 1.29 is 9.53 Å². The zero-order chi connectivity index (χ0) is 19.2. The summed E-state index contributed by atoms with van der Waals surface area (Å²) in [5.41, 5.74) is 2.35. The van der Waals surface area contributed by atoms with Gasteiger partial charge in [0.2, 0.25) is 0 Å². The maximum Gasteiger partial charge on any atom is 0.305 e. The molecule has 0 amide bonds. The Morgan fingerprint density at radius 3 is 2.15 bits per heavy atom. The third-order valence-electron chi connectivity index (χ3n) is 4.42. The van der Waals surface area contributed by atoms with Gasteiger partial charge in [0.1, 0.15) is 6.61 Å². The molecule has 26 heavy (non-hydrogen) atoms. The van der Waals surface area contributed by atoms with Gasteiger partial charge in [0.25, 0.3) is 0 Å². The number of rotatable bonds is 14. The van der Waals surface area contributed by atoms with Gasteiger partial charge in [0.15, 0.2) is 0 Å². The second kappa shape index (κ2) is 14.1. The average molecular weight is 403 g/mol. The summed E-state index contributed by atoms with van der Waals surface area (Å²) in [5, 5.41) is 0. The molecule has 0 radical (unpaired) electrons. The SMILES string of the molecule is CCN(CC)CCOC(=O)CCCc1ccc(N(CCCl)CCCl)cc1. The van der Waals surface area contributed by atoms with Crippen LogP contribution in [0.25, 0.3) is 0 Å². The van der Waals surface area contributed by atoms with Crippen molar-refractivity contribution in [2.24, 2.45) is 0 Å². The monoisotopic (exact) mass is 402 g/mol. The van der Waals surface area contributed by atoms with Gasteiger partial charge in [-0.15, -0.1) is 23.2 Å². The molecule has 0 fully saturated rings. The minimum absolute atomic E-state index is 0.107. The van der Waals surface area contributed by atoms with Gasteiger partial charge in [-0.2, -0.15) is 0 Å². The lowest BCUT2D eigenvalue weighted by Gasteiger charge is -2.23. The number of alkyl halides is 2. The number of aryl methyl sites for hydroxylation is 1. The van der Waals surface area contributed by atoms with Crippen LogP contribution in [0.5, 0.6) is 0 Å². The topological polar surface area (TPSA) is 32.8 Å². The van der Waals surface area contributed by atoms with Crippen molar-refractivity contribution in [1.82, 2.24) is 4.90 Å². The Bertz CT molecular complexity index is 487. The number of anilines is 1. The van der Waals surface area contributed by atoms with Crippen molar-refractivity contribution >= 4 is 34.9 Å². The molecular formula is C20H32Cl2N2O2. The second-order valence-electron chi connectivity index (χ2n) is 6.13. The lowest BCUT2D eigenvalue weighted by Crippen LogP contribution is -2.27. The number of benzene rings is 1. The number of likely N-dealkylation sites (N-methyl/N-ethyl adjacent to an activating group) is 1. The molecular weight excluding hydrogens is 371 g/mol. The molecule has 6 heteroatoms. The fourth-order valence-corrected chi connectivity index (χ4v) is 3.19. The van der Waals surface area contributed by atoms with Gasteiger partial charge in [-0.1, -0.05) is 26.0 Å². The van der Waals surface area contributed by atoms with Gasteiger partial charge >= 0.3 is 5.97 Å². The van der Waals surface area contributed by atoms with E-state index in [0.29, 0.717) is 24.8 Å². The summed E-state index contributed by atoms with van der Waals surface area (Å²) < 4.78 is 5.31. The Morgan fingerprint density at radius 2 is 1.62 bits per heavy atom. The molecule has 1 rings (SSSR count). The number of hydrogen-bond acceptors (Lipinski definition) is 4. The number of halogens is 2. The van der Waals surface area contributed by atoms with Crippen molar-refractivity contribution in [2.75, 3.05) is 56.0 Å². The van der Waals surface area contributed by atoms with E-state index in [1.165, 1.54) is 5.56 Å². The summed E-state index contributed by atoms with van der Waals surface area (Å²) in [7, 11) is 0. The van der Waals surface area contributed by atoms with Crippen LogP contribution in [-0.2, 0) is 16.0 Å². The Morgan fingerprint density at radius 1 is 1.00 bits per heavy atom. The van der Waals surface area contributed by atoms with Gasteiger partial charge in [-0.05, 0) is 43.6 Å². The Kier molecular flexibility index (Phi) is 12.5. The Hall–Kier alpha value is -0.970. The molecule has 0 spiro atoms. The predicted octanol–water partition coefficient (Wildman–Crippen LogP) is 4.18. The normalized spacial score (nSPS) is 11.0. The first-order chi connectivity index (χ1) is 12.6. The third-order valence-corrected chi connectivity index (χ3v) is 4.76. The molecule has 0 heterocycles. The summed E-state index contributed by atoms with van der Waals surface area (Å²) in [6, 6.07) is 8.40. The van der Waals surface area contributed by atoms with E-state index < -0.39 is 0 Å². The van der Waals surface area contributed by atoms with Crippen molar-refractivity contribution in [3.05, 3.63) is 29.8 Å². The molecule has 148 valence electrons. The number of carbonyl (C=O) groups excluding carboxylic acids is 1. The summed E-state index contributed by atoms with van der Waals surface area (Å²) in [5.74, 6) is 1.05. The Labute approximate surface area is 168 Å². The molecule has 0 saturated carbocycles. The number of hydrogen-bond donors (Lipinski definition) is 0. The zero-order valence-electron chi connectivity index (χ0n) is 16.1. The lowest BCUT2D eigenvalue weighted by molar-refractivity contribution is -0.144. The van der Waals surface area contributed by atoms with Crippen LogP contribution in [0.15, 0.2) is 24.3 Å². The van der Waals surface area contributed by atoms with Crippen LogP contribution in [0.1, 0.15) is 32.3 Å². The van der Waals surface area contributed by atoms with Gasteiger partial charge in [-0.25, -0.2) is 0 Å². The molecule has 0 aromatic heterocycles. The van der Waals surface area contributed by atoms with E-state index in [2.05, 4.69) is 47.9 Å². The highest BCUT2D eigenvalue weighted by molar-refractivity contribution is 6.18. The molecule has 4 nitrogen and oxygen atoms in total. The highest BCUT2D eigenvalue weighted by Crippen LogP contribution is 2.17. The molecule has 0 atom stereocenters. The van der Waals surface area contributed by atoms with Gasteiger partial charge < -0.3 is 14.5 Å². The molecule has 0 unspecified atom stereocenters. The summed E-state index contributed by atoms with van der Waals surface area (Å²) in [6.45, 7) is 9.05. The van der Waals surface area contributed by atoms with Crippen molar-refractivity contribution in [3.8, 4) is 0 Å². The standard InChI is InChI=1S/C20H32Cl2N2O2/c1-3-23(4-2)16-17-26-20(25)7-5-6-18-8-10-19(11-9-18)24(14-12-21)15-13-22/h8-11H,3-7,12-17H2,1-2H3. The fourth-order valence-electron chi connectivity index (χ4n) is 2.78. The average Bonchev–Trinajstić information content (AvgIpc) is 2.66. The van der Waals surface area contributed by atoms with E-state index in [0.717, 1.165) is 51.3 Å². The number of carbonyl (C=O) groups is 1. The van der Waals surface area contributed by atoms with Crippen molar-refractivity contribution in [1.29, 1.82) is 0 Å². The largest absolute Gasteiger partial charge is 0.464 e. The van der Waals surface area contributed by atoms with Gasteiger partial charge in [0, 0.05) is 43.5 Å². The van der Waals surface area contributed by atoms with Gasteiger partial charge in [0.05, 0.1) is 0 Å². The summed E-state index contributed by atoms with van der Waals surface area (Å²) in [4.78, 5) is 16.2. The van der Waals surface area contributed by atoms with E-state index in [1.807, 2.05) is 0 Å². The highest BCUT2D eigenvalue weighted by atomic mass is 35.5. The lowest BCUT2D eigenvalue weighted by atomic mass is 10.1. The van der Waals surface area contributed by atoms with Crippen LogP contribution in [0.2, 0.25) is 0 Å². The van der Waals surface area contributed by atoms with Crippen LogP contribution in [0.4, 0.5) is 5.69 Å².